The Morgan fingerprint density at radius 1 is 0.529 bits per heavy atom. The second kappa shape index (κ2) is 30.1. The van der Waals surface area contributed by atoms with Crippen LogP contribution in [0.4, 0.5) is 0 Å². The molecule has 0 radical (unpaired) electrons. The maximum Gasteiger partial charge on any atom is 0.306 e. The zero-order valence-electron chi connectivity index (χ0n) is 35.3. The van der Waals surface area contributed by atoms with Crippen LogP contribution in [0, 0.1) is 0 Å². The summed E-state index contributed by atoms with van der Waals surface area (Å²) in [6, 6.07) is 0.0935. The van der Waals surface area contributed by atoms with Crippen LogP contribution in [-0.2, 0) is 19.1 Å². The van der Waals surface area contributed by atoms with Crippen molar-refractivity contribution in [3.05, 3.63) is 0 Å². The van der Waals surface area contributed by atoms with Crippen LogP contribution in [0.3, 0.4) is 0 Å². The van der Waals surface area contributed by atoms with E-state index in [1.807, 2.05) is 0 Å². The van der Waals surface area contributed by atoms with E-state index in [4.69, 9.17) is 9.47 Å². The maximum absolute atomic E-state index is 12.4. The number of aliphatic hydroxyl groups is 2. The van der Waals surface area contributed by atoms with E-state index in [0.29, 0.717) is 61.2 Å². The summed E-state index contributed by atoms with van der Waals surface area (Å²) < 4.78 is 12.4. The van der Waals surface area contributed by atoms with E-state index in [0.717, 1.165) is 51.5 Å². The minimum atomic E-state index is -0.582. The molecule has 4 atom stereocenters. The van der Waals surface area contributed by atoms with Gasteiger partial charge in [-0.25, -0.2) is 0 Å². The Hall–Kier alpha value is -1.26. The Bertz CT molecular complexity index is 792. The van der Waals surface area contributed by atoms with E-state index in [-0.39, 0.29) is 24.0 Å². The highest BCUT2D eigenvalue weighted by Crippen LogP contribution is 2.15. The molecule has 304 valence electrons. The fraction of sp³-hybridized carbons (Fsp3) is 0.952. The van der Waals surface area contributed by atoms with Crippen molar-refractivity contribution in [3.63, 3.8) is 0 Å². The first-order valence-electron chi connectivity index (χ1n) is 21.2. The standard InChI is InChI=1S/C42H87N3O6/c1-10-13-16-19-21-23-25-28-41(48)50-35-37(4)44(6,7)33-39(46)31-43(30-27-18-15-12-3)32-40(47)34-45(8,9)38(5)36-51-42(49)29-26-24-22-20-17-14-11-2/h37-40,46-47H,10-36H2,1-9H3/q+2. The van der Waals surface area contributed by atoms with Gasteiger partial charge in [0.15, 0.2) is 0 Å². The van der Waals surface area contributed by atoms with Crippen LogP contribution >= 0.6 is 0 Å². The summed E-state index contributed by atoms with van der Waals surface area (Å²) in [5.41, 5.74) is 0. The number of unbranched alkanes of at least 4 members (excludes halogenated alkanes) is 15. The van der Waals surface area contributed by atoms with Crippen LogP contribution in [0.1, 0.15) is 163 Å². The number of ether oxygens (including phenoxy) is 2. The molecule has 0 aromatic heterocycles. The lowest BCUT2D eigenvalue weighted by Crippen LogP contribution is -2.57. The summed E-state index contributed by atoms with van der Waals surface area (Å²) in [6.45, 7) is 14.3. The van der Waals surface area contributed by atoms with Crippen LogP contribution in [0.5, 0.6) is 0 Å². The Morgan fingerprint density at radius 2 is 0.843 bits per heavy atom. The molecule has 0 aromatic rings. The number of aliphatic hydroxyl groups excluding tert-OH is 2. The Kier molecular flexibility index (Phi) is 29.4. The number of carbonyl (C=O) groups excluding carboxylic acids is 2. The molecule has 0 aliphatic carbocycles. The summed E-state index contributed by atoms with van der Waals surface area (Å²) in [5.74, 6) is -0.249. The van der Waals surface area contributed by atoms with Crippen molar-refractivity contribution in [1.29, 1.82) is 0 Å². The van der Waals surface area contributed by atoms with Crippen LogP contribution in [0.2, 0.25) is 0 Å². The van der Waals surface area contributed by atoms with Gasteiger partial charge in [-0.05, 0) is 39.7 Å². The highest BCUT2D eigenvalue weighted by molar-refractivity contribution is 5.69. The van der Waals surface area contributed by atoms with Crippen LogP contribution in [0.15, 0.2) is 0 Å². The van der Waals surface area contributed by atoms with E-state index in [1.54, 1.807) is 0 Å². The molecule has 0 saturated heterocycles. The first kappa shape index (κ1) is 49.7. The highest BCUT2D eigenvalue weighted by Gasteiger charge is 2.32. The van der Waals surface area contributed by atoms with Crippen molar-refractivity contribution in [3.8, 4) is 0 Å². The molecule has 0 bridgehead atoms. The van der Waals surface area contributed by atoms with Gasteiger partial charge in [-0.2, -0.15) is 0 Å². The monoisotopic (exact) mass is 730 g/mol. The fourth-order valence-corrected chi connectivity index (χ4v) is 6.60. The average molecular weight is 730 g/mol. The average Bonchev–Trinajstić information content (AvgIpc) is 3.06. The summed E-state index contributed by atoms with van der Waals surface area (Å²) >= 11 is 0. The van der Waals surface area contributed by atoms with E-state index >= 15 is 0 Å². The number of quaternary nitrogens is 2. The van der Waals surface area contributed by atoms with Gasteiger partial charge in [-0.15, -0.1) is 0 Å². The second-order valence-electron chi connectivity index (χ2n) is 16.9. The van der Waals surface area contributed by atoms with Crippen LogP contribution in [-0.4, -0.2) is 134 Å². The van der Waals surface area contributed by atoms with E-state index in [2.05, 4.69) is 67.7 Å². The Labute approximate surface area is 316 Å². The zero-order valence-corrected chi connectivity index (χ0v) is 35.3. The van der Waals surface area contributed by atoms with Gasteiger partial charge in [0.1, 0.15) is 50.6 Å². The van der Waals surface area contributed by atoms with Crippen molar-refractivity contribution < 1.29 is 38.2 Å². The predicted octanol–water partition coefficient (Wildman–Crippen LogP) is 7.89. The van der Waals surface area contributed by atoms with Gasteiger partial charge in [-0.1, -0.05) is 117 Å². The molecule has 0 spiro atoms. The number of carbonyl (C=O) groups is 2. The summed E-state index contributed by atoms with van der Waals surface area (Å²) in [5, 5.41) is 22.6. The molecule has 0 heterocycles. The number of rotatable bonds is 35. The molecule has 9 heteroatoms. The third-order valence-corrected chi connectivity index (χ3v) is 11.0. The van der Waals surface area contributed by atoms with Crippen LogP contribution in [0.25, 0.3) is 0 Å². The van der Waals surface area contributed by atoms with Gasteiger partial charge in [0, 0.05) is 25.9 Å². The van der Waals surface area contributed by atoms with Gasteiger partial charge in [-0.3, -0.25) is 14.5 Å². The molecule has 2 N–H and O–H groups in total. The molecule has 0 aliphatic rings. The normalized spacial score (nSPS) is 14.7. The van der Waals surface area contributed by atoms with Crippen molar-refractivity contribution in [1.82, 2.24) is 4.90 Å². The third kappa shape index (κ3) is 27.1. The quantitative estimate of drug-likeness (QED) is 0.0389. The number of hydrogen-bond donors (Lipinski definition) is 2. The van der Waals surface area contributed by atoms with E-state index in [9.17, 15) is 19.8 Å². The minimum absolute atomic E-state index is 0.0467. The molecule has 51 heavy (non-hydrogen) atoms. The molecule has 0 saturated carbocycles. The molecule has 0 fully saturated rings. The molecular weight excluding hydrogens is 642 g/mol. The van der Waals surface area contributed by atoms with Crippen molar-refractivity contribution in [2.45, 2.75) is 187 Å². The number of hydrogen-bond acceptors (Lipinski definition) is 7. The smallest absolute Gasteiger partial charge is 0.306 e. The number of esters is 2. The lowest BCUT2D eigenvalue weighted by atomic mass is 10.1. The fourth-order valence-electron chi connectivity index (χ4n) is 6.60. The van der Waals surface area contributed by atoms with Crippen molar-refractivity contribution in [2.24, 2.45) is 0 Å². The molecule has 4 unspecified atom stereocenters. The van der Waals surface area contributed by atoms with Gasteiger partial charge in [0.05, 0.1) is 28.2 Å². The molecule has 0 amide bonds. The maximum atomic E-state index is 12.4. The summed E-state index contributed by atoms with van der Waals surface area (Å²) in [7, 11) is 8.34. The third-order valence-electron chi connectivity index (χ3n) is 11.0. The molecular formula is C42H87N3O6+2. The molecule has 9 nitrogen and oxygen atoms in total. The lowest BCUT2D eigenvalue weighted by Gasteiger charge is -2.39. The highest BCUT2D eigenvalue weighted by atomic mass is 16.5. The van der Waals surface area contributed by atoms with Gasteiger partial charge >= 0.3 is 11.9 Å². The van der Waals surface area contributed by atoms with Crippen LogP contribution < -0.4 is 0 Å². The summed E-state index contributed by atoms with van der Waals surface area (Å²) in [4.78, 5) is 27.0. The molecule has 0 rings (SSSR count). The Balaban J connectivity index is 4.85. The van der Waals surface area contributed by atoms with Gasteiger partial charge in [0.25, 0.3) is 0 Å². The van der Waals surface area contributed by atoms with Gasteiger partial charge < -0.3 is 28.7 Å². The van der Waals surface area contributed by atoms with Crippen molar-refractivity contribution in [2.75, 3.05) is 74.1 Å². The van der Waals surface area contributed by atoms with Gasteiger partial charge in [0.2, 0.25) is 0 Å². The SMILES string of the molecule is CCCCCCCCCC(=O)OCC(C)[N+](C)(C)CC(O)CN(CCCCCC)CC(O)C[N+](C)(C)C(C)COC(=O)CCCCCCCCC. The number of likely N-dealkylation sites (N-methyl/N-ethyl adjacent to an activating group) is 2. The topological polar surface area (TPSA) is 96.3 Å². The largest absolute Gasteiger partial charge is 0.459 e. The second-order valence-corrected chi connectivity index (χ2v) is 16.9. The van der Waals surface area contributed by atoms with E-state index < -0.39 is 12.2 Å². The first-order chi connectivity index (χ1) is 24.2. The molecule has 0 aliphatic heterocycles. The number of nitrogens with zero attached hydrogens (tertiary/aromatic N) is 3. The zero-order chi connectivity index (χ0) is 38.5. The first-order valence-corrected chi connectivity index (χ1v) is 21.2. The minimum Gasteiger partial charge on any atom is -0.459 e. The predicted molar refractivity (Wildman–Crippen MR) is 213 cm³/mol. The Morgan fingerprint density at radius 3 is 1.20 bits per heavy atom. The van der Waals surface area contributed by atoms with Crippen molar-refractivity contribution >= 4 is 11.9 Å². The lowest BCUT2D eigenvalue weighted by molar-refractivity contribution is -0.916. The summed E-state index contributed by atoms with van der Waals surface area (Å²) in [6.07, 6.45) is 20.7. The molecule has 0 aromatic carbocycles. The van der Waals surface area contributed by atoms with E-state index in [1.165, 1.54) is 70.6 Å².